The molecule has 0 heterocycles. The lowest BCUT2D eigenvalue weighted by atomic mass is 10.1. The molecule has 3 rings (SSSR count). The van der Waals surface area contributed by atoms with Crippen molar-refractivity contribution in [3.8, 4) is 5.75 Å². The van der Waals surface area contributed by atoms with Crippen molar-refractivity contribution in [3.05, 3.63) is 94.5 Å². The zero-order valence-electron chi connectivity index (χ0n) is 14.9. The van der Waals surface area contributed by atoms with E-state index in [1.54, 1.807) is 42.5 Å². The van der Waals surface area contributed by atoms with Crippen LogP contribution in [0.5, 0.6) is 5.75 Å². The number of nitrogens with zero attached hydrogens (tertiary/aromatic N) is 1. The molecular formula is C20H16Cl2NO5P. The van der Waals surface area contributed by atoms with Gasteiger partial charge in [0, 0.05) is 0 Å². The van der Waals surface area contributed by atoms with E-state index >= 15 is 0 Å². The molecule has 0 bridgehead atoms. The Morgan fingerprint density at radius 3 is 1.93 bits per heavy atom. The Labute approximate surface area is 177 Å². The van der Waals surface area contributed by atoms with Gasteiger partial charge in [-0.3, -0.25) is 4.89 Å². The maximum absolute atomic E-state index is 13.4. The van der Waals surface area contributed by atoms with Gasteiger partial charge < -0.3 is 9.63 Å². The highest BCUT2D eigenvalue weighted by Gasteiger charge is 2.44. The average Bonchev–Trinajstić information content (AvgIpc) is 2.68. The number of aliphatic carboxylic acids is 1. The molecule has 0 spiro atoms. The van der Waals surface area contributed by atoms with Crippen molar-refractivity contribution in [1.29, 1.82) is 0 Å². The molecule has 2 unspecified atom stereocenters. The Balaban J connectivity index is 2.21. The van der Waals surface area contributed by atoms with Gasteiger partial charge in [-0.25, -0.2) is 14.0 Å². The minimum absolute atomic E-state index is 0.00520. The van der Waals surface area contributed by atoms with Gasteiger partial charge in [0.1, 0.15) is 5.75 Å². The van der Waals surface area contributed by atoms with Crippen LogP contribution in [0.25, 0.3) is 0 Å². The van der Waals surface area contributed by atoms with Gasteiger partial charge in [-0.1, -0.05) is 77.8 Å². The van der Waals surface area contributed by atoms with Crippen LogP contribution in [0.1, 0.15) is 11.6 Å². The second kappa shape index (κ2) is 8.89. The van der Waals surface area contributed by atoms with Crippen LogP contribution >= 0.6 is 30.9 Å². The molecule has 150 valence electrons. The summed E-state index contributed by atoms with van der Waals surface area (Å²) in [6, 6.07) is 18.8. The summed E-state index contributed by atoms with van der Waals surface area (Å²) in [5.41, 5.74) is 0.135. The molecule has 0 radical (unpaired) electrons. The molecule has 29 heavy (non-hydrogen) atoms. The standard InChI is InChI=1S/C20H16Cl2NO5P/c21-16-12-7-13-17(22)19(16)23(18(20(24)25)14-8-3-1-4-9-14)29(26,27)28-15-10-5-2-6-11-15/h1-13,18H,(H,24,25)(H,26,27). The van der Waals surface area contributed by atoms with Crippen molar-refractivity contribution in [2.45, 2.75) is 6.04 Å². The Morgan fingerprint density at radius 2 is 1.41 bits per heavy atom. The Bertz CT molecular complexity index is 1030. The first kappa shape index (κ1) is 21.2. The third-order valence-corrected chi connectivity index (χ3v) is 6.03. The van der Waals surface area contributed by atoms with Crippen molar-refractivity contribution < 1.29 is 23.9 Å². The van der Waals surface area contributed by atoms with Crippen LogP contribution < -0.4 is 9.19 Å². The third kappa shape index (κ3) is 4.74. The van der Waals surface area contributed by atoms with E-state index in [1.807, 2.05) is 0 Å². The number of para-hydroxylation sites is 2. The first-order valence-electron chi connectivity index (χ1n) is 8.40. The van der Waals surface area contributed by atoms with Crippen molar-refractivity contribution >= 4 is 42.6 Å². The van der Waals surface area contributed by atoms with Gasteiger partial charge in [-0.2, -0.15) is 0 Å². The predicted molar refractivity (Wildman–Crippen MR) is 113 cm³/mol. The lowest BCUT2D eigenvalue weighted by molar-refractivity contribution is -0.138. The summed E-state index contributed by atoms with van der Waals surface area (Å²) in [7, 11) is -4.79. The summed E-state index contributed by atoms with van der Waals surface area (Å²) in [4.78, 5) is 23.1. The summed E-state index contributed by atoms with van der Waals surface area (Å²) in [6.45, 7) is 0. The zero-order chi connectivity index (χ0) is 21.0. The van der Waals surface area contributed by atoms with Gasteiger partial charge >= 0.3 is 13.7 Å². The van der Waals surface area contributed by atoms with Crippen LogP contribution in [0.2, 0.25) is 10.0 Å². The maximum Gasteiger partial charge on any atom is 0.487 e. The van der Waals surface area contributed by atoms with E-state index in [2.05, 4.69) is 0 Å². The molecule has 0 fully saturated rings. The fourth-order valence-corrected chi connectivity index (χ4v) is 4.97. The highest BCUT2D eigenvalue weighted by Crippen LogP contribution is 2.56. The molecule has 0 aliphatic carbocycles. The molecule has 3 aromatic carbocycles. The fraction of sp³-hybridized carbons (Fsp3) is 0.0500. The van der Waals surface area contributed by atoms with Crippen LogP contribution in [0, 0.1) is 0 Å². The first-order chi connectivity index (χ1) is 13.8. The number of hydrogen-bond acceptors (Lipinski definition) is 3. The van der Waals surface area contributed by atoms with Gasteiger partial charge in [-0.15, -0.1) is 0 Å². The predicted octanol–water partition coefficient (Wildman–Crippen LogP) is 5.81. The van der Waals surface area contributed by atoms with Crippen LogP contribution in [0.4, 0.5) is 5.69 Å². The van der Waals surface area contributed by atoms with Crippen molar-refractivity contribution in [2.24, 2.45) is 0 Å². The van der Waals surface area contributed by atoms with Crippen LogP contribution in [-0.2, 0) is 9.36 Å². The Hall–Kier alpha value is -2.50. The van der Waals surface area contributed by atoms with E-state index in [-0.39, 0.29) is 27.0 Å². The van der Waals surface area contributed by atoms with Crippen molar-refractivity contribution in [2.75, 3.05) is 4.67 Å². The third-order valence-electron chi connectivity index (χ3n) is 4.00. The van der Waals surface area contributed by atoms with Gasteiger partial charge in [0.2, 0.25) is 0 Å². The fourth-order valence-electron chi connectivity index (χ4n) is 2.80. The number of carboxylic acid groups (broad SMARTS) is 1. The normalized spacial score (nSPS) is 13.9. The molecule has 6 nitrogen and oxygen atoms in total. The SMILES string of the molecule is O=C(O)C(c1ccccc1)N(c1c(Cl)cccc1Cl)P(=O)(O)Oc1ccccc1. The van der Waals surface area contributed by atoms with Gasteiger partial charge in [0.15, 0.2) is 6.04 Å². The lowest BCUT2D eigenvalue weighted by Crippen LogP contribution is -2.33. The highest BCUT2D eigenvalue weighted by atomic mass is 35.5. The Kier molecular flexibility index (Phi) is 6.50. The molecule has 0 aliphatic heterocycles. The summed E-state index contributed by atoms with van der Waals surface area (Å²) in [5, 5.41) is 9.96. The van der Waals surface area contributed by atoms with Crippen LogP contribution in [-0.4, -0.2) is 16.0 Å². The van der Waals surface area contributed by atoms with Crippen LogP contribution in [0.15, 0.2) is 78.9 Å². The molecule has 0 aliphatic rings. The summed E-state index contributed by atoms with van der Waals surface area (Å²) >= 11 is 12.5. The monoisotopic (exact) mass is 451 g/mol. The topological polar surface area (TPSA) is 87.1 Å². The van der Waals surface area contributed by atoms with E-state index in [1.165, 1.54) is 36.4 Å². The molecular weight excluding hydrogens is 436 g/mol. The molecule has 2 atom stereocenters. The van der Waals surface area contributed by atoms with E-state index in [9.17, 15) is 19.4 Å². The lowest BCUT2D eigenvalue weighted by Gasteiger charge is -2.34. The van der Waals surface area contributed by atoms with Gasteiger partial charge in [-0.05, 0) is 29.8 Å². The number of rotatable bonds is 7. The second-order valence-electron chi connectivity index (χ2n) is 5.96. The molecule has 0 amide bonds. The van der Waals surface area contributed by atoms with E-state index in [0.29, 0.717) is 0 Å². The summed E-state index contributed by atoms with van der Waals surface area (Å²) in [5.74, 6) is -1.29. The van der Waals surface area contributed by atoms with E-state index in [0.717, 1.165) is 4.67 Å². The summed E-state index contributed by atoms with van der Waals surface area (Å²) < 4.78 is 19.4. The second-order valence-corrected chi connectivity index (χ2v) is 8.37. The molecule has 0 aromatic heterocycles. The van der Waals surface area contributed by atoms with Gasteiger partial charge in [0.25, 0.3) is 0 Å². The number of anilines is 1. The molecule has 0 saturated carbocycles. The highest BCUT2D eigenvalue weighted by molar-refractivity contribution is 7.55. The molecule has 2 N–H and O–H groups in total. The number of hydrogen-bond donors (Lipinski definition) is 2. The number of benzene rings is 3. The minimum Gasteiger partial charge on any atom is -0.479 e. The maximum atomic E-state index is 13.4. The molecule has 0 saturated heterocycles. The van der Waals surface area contributed by atoms with Crippen molar-refractivity contribution in [1.82, 2.24) is 0 Å². The van der Waals surface area contributed by atoms with E-state index < -0.39 is 19.8 Å². The smallest absolute Gasteiger partial charge is 0.479 e. The van der Waals surface area contributed by atoms with Crippen LogP contribution in [0.3, 0.4) is 0 Å². The van der Waals surface area contributed by atoms with Crippen molar-refractivity contribution in [3.63, 3.8) is 0 Å². The minimum atomic E-state index is -4.79. The number of carboxylic acids is 1. The largest absolute Gasteiger partial charge is 0.487 e. The molecule has 9 heteroatoms. The quantitative estimate of drug-likeness (QED) is 0.441. The summed E-state index contributed by atoms with van der Waals surface area (Å²) in [6.07, 6.45) is 0. The zero-order valence-corrected chi connectivity index (χ0v) is 17.3. The first-order valence-corrected chi connectivity index (χ1v) is 10.7. The Morgan fingerprint density at radius 1 is 0.897 bits per heavy atom. The molecule has 3 aromatic rings. The number of halogens is 2. The van der Waals surface area contributed by atoms with Gasteiger partial charge in [0.05, 0.1) is 15.7 Å². The number of carbonyl (C=O) groups is 1. The van der Waals surface area contributed by atoms with E-state index in [4.69, 9.17) is 27.7 Å². The average molecular weight is 452 g/mol.